The summed E-state index contributed by atoms with van der Waals surface area (Å²) in [4.78, 5) is 4.77. The number of hydrogen-bond donors (Lipinski definition) is 2. The van der Waals surface area contributed by atoms with Gasteiger partial charge in [-0.3, -0.25) is 4.57 Å². The fraction of sp³-hybridized carbons (Fsp3) is 0.375. The molecule has 0 bridgehead atoms. The van der Waals surface area contributed by atoms with Crippen LogP contribution in [-0.4, -0.2) is 33.4 Å². The van der Waals surface area contributed by atoms with E-state index in [1.54, 1.807) is 6.33 Å². The van der Waals surface area contributed by atoms with Crippen molar-refractivity contribution >= 4 is 5.96 Å². The second-order valence-electron chi connectivity index (χ2n) is 7.45. The van der Waals surface area contributed by atoms with Gasteiger partial charge in [-0.15, -0.1) is 10.2 Å². The van der Waals surface area contributed by atoms with E-state index in [-0.39, 0.29) is 6.10 Å². The van der Waals surface area contributed by atoms with Crippen LogP contribution in [0.1, 0.15) is 44.1 Å². The van der Waals surface area contributed by atoms with Crippen LogP contribution in [0.15, 0.2) is 59.9 Å². The van der Waals surface area contributed by atoms with E-state index in [1.807, 2.05) is 41.8 Å². The molecule has 1 atom stereocenters. The molecule has 0 aliphatic heterocycles. The zero-order valence-electron chi connectivity index (χ0n) is 18.8. The molecule has 0 amide bonds. The van der Waals surface area contributed by atoms with Crippen LogP contribution >= 0.6 is 0 Å². The van der Waals surface area contributed by atoms with E-state index in [0.717, 1.165) is 41.7 Å². The summed E-state index contributed by atoms with van der Waals surface area (Å²) in [6, 6.07) is 16.3. The standard InChI is InChI=1S/C24H32N6O/c1-5-19(4)31-22-14-18(3)12-13-20(22)15-26-24(25-6-2)27-16-23-29-28-17-30(23)21-10-8-7-9-11-21/h7-14,17,19H,5-6,15-16H2,1-4H3,(H2,25,26,27). The first-order valence-corrected chi connectivity index (χ1v) is 10.8. The number of benzene rings is 2. The van der Waals surface area contributed by atoms with Gasteiger partial charge in [0.1, 0.15) is 12.1 Å². The summed E-state index contributed by atoms with van der Waals surface area (Å²) in [6.45, 7) is 10.1. The van der Waals surface area contributed by atoms with Gasteiger partial charge in [-0.1, -0.05) is 37.3 Å². The number of guanidine groups is 1. The highest BCUT2D eigenvalue weighted by Gasteiger charge is 2.10. The molecule has 2 aromatic carbocycles. The normalized spacial score (nSPS) is 12.5. The summed E-state index contributed by atoms with van der Waals surface area (Å²) in [7, 11) is 0. The average Bonchev–Trinajstić information content (AvgIpc) is 3.26. The molecular weight excluding hydrogens is 388 g/mol. The van der Waals surface area contributed by atoms with E-state index in [9.17, 15) is 0 Å². The van der Waals surface area contributed by atoms with Crippen molar-refractivity contribution in [2.24, 2.45) is 4.99 Å². The number of aromatic nitrogens is 3. The highest BCUT2D eigenvalue weighted by atomic mass is 16.5. The van der Waals surface area contributed by atoms with Crippen molar-refractivity contribution in [1.29, 1.82) is 0 Å². The lowest BCUT2D eigenvalue weighted by molar-refractivity contribution is 0.215. The Balaban J connectivity index is 1.72. The van der Waals surface area contributed by atoms with Crippen molar-refractivity contribution in [3.05, 3.63) is 71.8 Å². The van der Waals surface area contributed by atoms with Crippen molar-refractivity contribution in [2.45, 2.75) is 53.3 Å². The summed E-state index contributed by atoms with van der Waals surface area (Å²) >= 11 is 0. The first-order valence-electron chi connectivity index (χ1n) is 10.8. The quantitative estimate of drug-likeness (QED) is 0.404. The van der Waals surface area contributed by atoms with Gasteiger partial charge in [0, 0.05) is 17.8 Å². The van der Waals surface area contributed by atoms with Gasteiger partial charge < -0.3 is 15.4 Å². The molecule has 164 valence electrons. The third kappa shape index (κ3) is 6.31. The predicted octanol–water partition coefficient (Wildman–Crippen LogP) is 4.01. The Morgan fingerprint density at radius 3 is 2.68 bits per heavy atom. The van der Waals surface area contributed by atoms with Gasteiger partial charge in [0.25, 0.3) is 0 Å². The molecule has 0 radical (unpaired) electrons. The highest BCUT2D eigenvalue weighted by Crippen LogP contribution is 2.23. The van der Waals surface area contributed by atoms with Crippen LogP contribution < -0.4 is 15.4 Å². The molecule has 0 saturated carbocycles. The molecule has 1 unspecified atom stereocenters. The predicted molar refractivity (Wildman–Crippen MR) is 125 cm³/mol. The minimum Gasteiger partial charge on any atom is -0.490 e. The SMILES string of the molecule is CCNC(=NCc1ccc(C)cc1OC(C)CC)NCc1nncn1-c1ccccc1. The molecule has 1 heterocycles. The van der Waals surface area contributed by atoms with Crippen LogP contribution in [0.2, 0.25) is 0 Å². The Kier molecular flexibility index (Phi) is 8.04. The number of aliphatic imine (C=N–C) groups is 1. The lowest BCUT2D eigenvalue weighted by Crippen LogP contribution is -2.37. The van der Waals surface area contributed by atoms with Gasteiger partial charge in [-0.25, -0.2) is 4.99 Å². The first-order chi connectivity index (χ1) is 15.1. The molecule has 3 rings (SSSR count). The molecule has 0 aliphatic rings. The molecule has 0 saturated heterocycles. The summed E-state index contributed by atoms with van der Waals surface area (Å²) in [6.07, 6.45) is 2.85. The molecule has 1 aromatic heterocycles. The van der Waals surface area contributed by atoms with Gasteiger partial charge in [-0.2, -0.15) is 0 Å². The van der Waals surface area contributed by atoms with Gasteiger partial charge in [0.15, 0.2) is 11.8 Å². The molecule has 0 fully saturated rings. The monoisotopic (exact) mass is 420 g/mol. The summed E-state index contributed by atoms with van der Waals surface area (Å²) in [5.74, 6) is 2.44. The number of ether oxygens (including phenoxy) is 1. The summed E-state index contributed by atoms with van der Waals surface area (Å²) < 4.78 is 8.09. The minimum absolute atomic E-state index is 0.167. The van der Waals surface area contributed by atoms with Crippen LogP contribution in [-0.2, 0) is 13.1 Å². The maximum Gasteiger partial charge on any atom is 0.191 e. The van der Waals surface area contributed by atoms with Crippen molar-refractivity contribution < 1.29 is 4.74 Å². The van der Waals surface area contributed by atoms with Crippen molar-refractivity contribution in [3.63, 3.8) is 0 Å². The first kappa shape index (κ1) is 22.3. The average molecular weight is 421 g/mol. The molecule has 2 N–H and O–H groups in total. The zero-order valence-corrected chi connectivity index (χ0v) is 18.8. The number of nitrogens with zero attached hydrogens (tertiary/aromatic N) is 4. The summed E-state index contributed by atoms with van der Waals surface area (Å²) in [5, 5.41) is 15.0. The Morgan fingerprint density at radius 2 is 1.94 bits per heavy atom. The second-order valence-corrected chi connectivity index (χ2v) is 7.45. The number of aryl methyl sites for hydroxylation is 1. The summed E-state index contributed by atoms with van der Waals surface area (Å²) in [5.41, 5.74) is 3.27. The third-order valence-corrected chi connectivity index (χ3v) is 4.94. The fourth-order valence-corrected chi connectivity index (χ4v) is 3.05. The molecule has 0 spiro atoms. The van der Waals surface area contributed by atoms with Crippen LogP contribution in [0.3, 0.4) is 0 Å². The number of rotatable bonds is 9. The molecule has 7 nitrogen and oxygen atoms in total. The topological polar surface area (TPSA) is 76.4 Å². The smallest absolute Gasteiger partial charge is 0.191 e. The van der Waals surface area contributed by atoms with Crippen LogP contribution in [0, 0.1) is 6.92 Å². The van der Waals surface area contributed by atoms with E-state index in [1.165, 1.54) is 5.56 Å². The maximum atomic E-state index is 6.12. The van der Waals surface area contributed by atoms with Crippen molar-refractivity contribution in [3.8, 4) is 11.4 Å². The number of hydrogen-bond acceptors (Lipinski definition) is 4. The Hall–Kier alpha value is -3.35. The van der Waals surface area contributed by atoms with Crippen LogP contribution in [0.4, 0.5) is 0 Å². The lowest BCUT2D eigenvalue weighted by atomic mass is 10.1. The minimum atomic E-state index is 0.167. The van der Waals surface area contributed by atoms with E-state index in [0.29, 0.717) is 13.1 Å². The van der Waals surface area contributed by atoms with E-state index >= 15 is 0 Å². The Morgan fingerprint density at radius 1 is 1.13 bits per heavy atom. The third-order valence-electron chi connectivity index (χ3n) is 4.94. The van der Waals surface area contributed by atoms with Crippen LogP contribution in [0.5, 0.6) is 5.75 Å². The molecule has 3 aromatic rings. The van der Waals surface area contributed by atoms with Gasteiger partial charge in [0.05, 0.1) is 19.2 Å². The largest absolute Gasteiger partial charge is 0.490 e. The van der Waals surface area contributed by atoms with Crippen molar-refractivity contribution in [1.82, 2.24) is 25.4 Å². The zero-order chi connectivity index (χ0) is 22.1. The highest BCUT2D eigenvalue weighted by molar-refractivity contribution is 5.79. The number of nitrogens with one attached hydrogen (secondary N) is 2. The lowest BCUT2D eigenvalue weighted by Gasteiger charge is -2.17. The second kappa shape index (κ2) is 11.2. The Bertz CT molecular complexity index is 983. The van der Waals surface area contributed by atoms with Gasteiger partial charge in [-0.05, 0) is 51.0 Å². The Labute approximate surface area is 184 Å². The van der Waals surface area contributed by atoms with Crippen molar-refractivity contribution in [2.75, 3.05) is 6.54 Å². The van der Waals surface area contributed by atoms with Gasteiger partial charge >= 0.3 is 0 Å². The molecule has 31 heavy (non-hydrogen) atoms. The molecular formula is C24H32N6O. The fourth-order valence-electron chi connectivity index (χ4n) is 3.05. The van der Waals surface area contributed by atoms with E-state index in [4.69, 9.17) is 9.73 Å². The maximum absolute atomic E-state index is 6.12. The van der Waals surface area contributed by atoms with E-state index in [2.05, 4.69) is 59.8 Å². The van der Waals surface area contributed by atoms with Crippen LogP contribution in [0.25, 0.3) is 5.69 Å². The molecule has 0 aliphatic carbocycles. The van der Waals surface area contributed by atoms with Gasteiger partial charge in [0.2, 0.25) is 0 Å². The van der Waals surface area contributed by atoms with E-state index < -0.39 is 0 Å². The molecule has 7 heteroatoms. The number of para-hydroxylation sites is 1.